The number of anilines is 1. The molecule has 2 amide bonds. The normalized spacial score (nSPS) is 11.8. The highest BCUT2D eigenvalue weighted by molar-refractivity contribution is 6.01. The van der Waals surface area contributed by atoms with E-state index in [2.05, 4.69) is 34.0 Å². The van der Waals surface area contributed by atoms with E-state index < -0.39 is 22.8 Å². The van der Waals surface area contributed by atoms with E-state index in [1.165, 1.54) is 24.3 Å². The van der Waals surface area contributed by atoms with Crippen molar-refractivity contribution in [3.05, 3.63) is 88.0 Å². The number of hydrogen-bond acceptors (Lipinski definition) is 5. The smallest absolute Gasteiger partial charge is 0.270 e. The van der Waals surface area contributed by atoms with Crippen LogP contribution in [0.3, 0.4) is 0 Å². The maximum absolute atomic E-state index is 12.6. The van der Waals surface area contributed by atoms with Crippen LogP contribution in [0, 0.1) is 10.1 Å². The van der Waals surface area contributed by atoms with Gasteiger partial charge in [-0.25, -0.2) is 4.98 Å². The molecule has 1 heterocycles. The Bertz CT molecular complexity index is 1140. The molecule has 3 aromatic rings. The van der Waals surface area contributed by atoms with Gasteiger partial charge in [0.2, 0.25) is 5.91 Å². The number of imidazole rings is 1. The van der Waals surface area contributed by atoms with E-state index in [1.807, 2.05) is 24.4 Å². The number of carbonyl (C=O) groups is 2. The first-order valence-corrected chi connectivity index (χ1v) is 10.2. The molecule has 3 rings (SSSR count). The van der Waals surface area contributed by atoms with Gasteiger partial charge in [-0.3, -0.25) is 19.7 Å². The van der Waals surface area contributed by atoms with Crippen molar-refractivity contribution in [2.45, 2.75) is 39.3 Å². The minimum atomic E-state index is -0.841. The van der Waals surface area contributed by atoms with Gasteiger partial charge in [0.1, 0.15) is 11.9 Å². The highest BCUT2D eigenvalue weighted by Gasteiger charge is 2.18. The summed E-state index contributed by atoms with van der Waals surface area (Å²) in [6.45, 7) is 6.34. The fourth-order valence-corrected chi connectivity index (χ4v) is 3.26. The van der Waals surface area contributed by atoms with Crippen LogP contribution in [0.1, 0.15) is 48.4 Å². The first-order chi connectivity index (χ1) is 15.2. The molecule has 2 N–H and O–H groups in total. The maximum atomic E-state index is 12.6. The van der Waals surface area contributed by atoms with Crippen molar-refractivity contribution < 1.29 is 14.5 Å². The quantitative estimate of drug-likeness (QED) is 0.413. The first kappa shape index (κ1) is 22.7. The van der Waals surface area contributed by atoms with E-state index in [-0.39, 0.29) is 11.3 Å². The van der Waals surface area contributed by atoms with Crippen molar-refractivity contribution in [2.24, 2.45) is 0 Å². The van der Waals surface area contributed by atoms with E-state index in [9.17, 15) is 19.7 Å². The van der Waals surface area contributed by atoms with Crippen molar-refractivity contribution in [1.82, 2.24) is 14.9 Å². The fourth-order valence-electron chi connectivity index (χ4n) is 3.26. The summed E-state index contributed by atoms with van der Waals surface area (Å²) in [7, 11) is 0. The molecule has 32 heavy (non-hydrogen) atoms. The number of benzene rings is 2. The number of rotatable bonds is 8. The molecular weight excluding hydrogens is 410 g/mol. The zero-order valence-electron chi connectivity index (χ0n) is 18.1. The third-order valence-corrected chi connectivity index (χ3v) is 4.87. The van der Waals surface area contributed by atoms with Crippen LogP contribution in [0.15, 0.2) is 60.9 Å². The minimum Gasteiger partial charge on any atom is -0.341 e. The molecule has 1 unspecified atom stereocenters. The summed E-state index contributed by atoms with van der Waals surface area (Å²) in [5, 5.41) is 16.3. The fraction of sp³-hybridized carbons (Fsp3) is 0.261. The van der Waals surface area contributed by atoms with Gasteiger partial charge in [0.05, 0.1) is 4.92 Å². The van der Waals surface area contributed by atoms with E-state index in [0.717, 1.165) is 11.4 Å². The van der Waals surface area contributed by atoms with Crippen LogP contribution in [0.5, 0.6) is 0 Å². The monoisotopic (exact) mass is 435 g/mol. The Hall–Kier alpha value is -4.01. The van der Waals surface area contributed by atoms with Crippen LogP contribution >= 0.6 is 0 Å². The molecule has 0 aliphatic heterocycles. The minimum absolute atomic E-state index is 0.113. The number of nitro benzene ring substituents is 1. The second-order valence-electron chi connectivity index (χ2n) is 7.76. The Morgan fingerprint density at radius 2 is 1.88 bits per heavy atom. The van der Waals surface area contributed by atoms with Gasteiger partial charge in [0.15, 0.2) is 0 Å². The number of nitrogens with one attached hydrogen (secondary N) is 2. The van der Waals surface area contributed by atoms with Gasteiger partial charge < -0.3 is 15.2 Å². The average Bonchev–Trinajstić information content (AvgIpc) is 3.22. The lowest BCUT2D eigenvalue weighted by Gasteiger charge is -2.15. The molecule has 2 aromatic carbocycles. The highest BCUT2D eigenvalue weighted by atomic mass is 16.6. The number of hydrogen-bond donors (Lipinski definition) is 2. The van der Waals surface area contributed by atoms with Crippen molar-refractivity contribution in [3.63, 3.8) is 0 Å². The number of carbonyl (C=O) groups excluding carboxylic acids is 2. The summed E-state index contributed by atoms with van der Waals surface area (Å²) < 4.78 is 2.06. The number of amides is 2. The zero-order chi connectivity index (χ0) is 23.3. The molecule has 0 aliphatic carbocycles. The molecule has 0 fully saturated rings. The van der Waals surface area contributed by atoms with Gasteiger partial charge in [-0.2, -0.15) is 0 Å². The molecule has 9 heteroatoms. The number of nitrogens with zero attached hydrogens (tertiary/aromatic N) is 3. The van der Waals surface area contributed by atoms with E-state index in [4.69, 9.17) is 0 Å². The SMILES string of the molecule is CC(NC(=O)c1cccc([N+](=O)[O-])c1)C(=O)Nc1cccc(Cn2ccnc2C(C)C)c1. The van der Waals surface area contributed by atoms with Crippen molar-refractivity contribution in [2.75, 3.05) is 5.32 Å². The van der Waals surface area contributed by atoms with Crippen LogP contribution < -0.4 is 10.6 Å². The molecule has 0 saturated carbocycles. The molecule has 1 aromatic heterocycles. The second kappa shape index (κ2) is 9.86. The van der Waals surface area contributed by atoms with Crippen molar-refractivity contribution in [1.29, 1.82) is 0 Å². The average molecular weight is 435 g/mol. The molecule has 0 saturated heterocycles. The molecule has 1 atom stereocenters. The van der Waals surface area contributed by atoms with Gasteiger partial charge in [-0.15, -0.1) is 0 Å². The molecule has 0 bridgehead atoms. The molecule has 0 aliphatic rings. The first-order valence-electron chi connectivity index (χ1n) is 10.2. The van der Waals surface area contributed by atoms with Gasteiger partial charge in [-0.05, 0) is 30.7 Å². The molecular formula is C23H25N5O4. The number of nitro groups is 1. The standard InChI is InChI=1S/C23H25N5O4/c1-15(2)21-24-10-11-27(21)14-17-6-4-8-19(12-17)26-22(29)16(3)25-23(30)18-7-5-9-20(13-18)28(31)32/h4-13,15-16H,14H2,1-3H3,(H,25,30)(H,26,29). The van der Waals surface area contributed by atoms with Crippen LogP contribution in [0.2, 0.25) is 0 Å². The molecule has 0 radical (unpaired) electrons. The van der Waals surface area contributed by atoms with E-state index in [1.54, 1.807) is 19.2 Å². The van der Waals surface area contributed by atoms with Crippen LogP contribution in [-0.2, 0) is 11.3 Å². The Morgan fingerprint density at radius 1 is 1.12 bits per heavy atom. The van der Waals surface area contributed by atoms with Crippen LogP contribution in [0.25, 0.3) is 0 Å². The lowest BCUT2D eigenvalue weighted by atomic mass is 10.1. The Labute approximate surface area is 185 Å². The predicted molar refractivity (Wildman–Crippen MR) is 121 cm³/mol. The Morgan fingerprint density at radius 3 is 2.59 bits per heavy atom. The molecule has 9 nitrogen and oxygen atoms in total. The Kier molecular flexibility index (Phi) is 6.99. The van der Waals surface area contributed by atoms with Gasteiger partial charge >= 0.3 is 0 Å². The third kappa shape index (κ3) is 5.57. The van der Waals surface area contributed by atoms with Crippen molar-refractivity contribution in [3.8, 4) is 0 Å². The Balaban J connectivity index is 1.63. The van der Waals surface area contributed by atoms with E-state index >= 15 is 0 Å². The van der Waals surface area contributed by atoms with Gasteiger partial charge in [-0.1, -0.05) is 32.0 Å². The van der Waals surface area contributed by atoms with Gasteiger partial charge in [0.25, 0.3) is 11.6 Å². The summed E-state index contributed by atoms with van der Waals surface area (Å²) in [5.74, 6) is 0.318. The maximum Gasteiger partial charge on any atom is 0.270 e. The van der Waals surface area contributed by atoms with Gasteiger partial charge in [0, 0.05) is 48.2 Å². The number of aromatic nitrogens is 2. The highest BCUT2D eigenvalue weighted by Crippen LogP contribution is 2.17. The summed E-state index contributed by atoms with van der Waals surface area (Å²) in [4.78, 5) is 39.7. The lowest BCUT2D eigenvalue weighted by Crippen LogP contribution is -2.41. The van der Waals surface area contributed by atoms with E-state index in [0.29, 0.717) is 18.2 Å². The summed E-state index contributed by atoms with van der Waals surface area (Å²) in [6.07, 6.45) is 3.69. The number of non-ortho nitro benzene ring substituents is 1. The largest absolute Gasteiger partial charge is 0.341 e. The predicted octanol–water partition coefficient (Wildman–Crippen LogP) is 3.72. The summed E-state index contributed by atoms with van der Waals surface area (Å²) in [6, 6.07) is 12.0. The van der Waals surface area contributed by atoms with Crippen LogP contribution in [-0.4, -0.2) is 32.3 Å². The summed E-state index contributed by atoms with van der Waals surface area (Å²) in [5.41, 5.74) is 1.53. The zero-order valence-corrected chi connectivity index (χ0v) is 18.1. The van der Waals surface area contributed by atoms with Crippen LogP contribution in [0.4, 0.5) is 11.4 Å². The summed E-state index contributed by atoms with van der Waals surface area (Å²) >= 11 is 0. The second-order valence-corrected chi connectivity index (χ2v) is 7.76. The van der Waals surface area contributed by atoms with Crippen molar-refractivity contribution >= 4 is 23.2 Å². The topological polar surface area (TPSA) is 119 Å². The molecule has 166 valence electrons. The lowest BCUT2D eigenvalue weighted by molar-refractivity contribution is -0.384. The molecule has 0 spiro atoms. The third-order valence-electron chi connectivity index (χ3n) is 4.87.